The van der Waals surface area contributed by atoms with Gasteiger partial charge in [-0.2, -0.15) is 0 Å². The van der Waals surface area contributed by atoms with E-state index in [0.717, 1.165) is 44.9 Å². The van der Waals surface area contributed by atoms with E-state index in [0.29, 0.717) is 19.3 Å². The zero-order valence-corrected chi connectivity index (χ0v) is 23.3. The number of esters is 2. The fourth-order valence-electron chi connectivity index (χ4n) is 3.39. The van der Waals surface area contributed by atoms with Crippen LogP contribution in [0, 0.1) is 0 Å². The minimum absolute atomic E-state index is 0.151. The van der Waals surface area contributed by atoms with E-state index in [1.165, 1.54) is 25.7 Å². The van der Waals surface area contributed by atoms with Crippen molar-refractivity contribution < 1.29 is 29.3 Å². The Kier molecular flexibility index (Phi) is 25.3. The van der Waals surface area contributed by atoms with E-state index < -0.39 is 12.2 Å². The Morgan fingerprint density at radius 3 is 1.97 bits per heavy atom. The van der Waals surface area contributed by atoms with Gasteiger partial charge in [0.1, 0.15) is 19.3 Å². The van der Waals surface area contributed by atoms with Gasteiger partial charge in [0.05, 0.1) is 6.10 Å². The molecule has 0 fully saturated rings. The average molecular weight is 521 g/mol. The van der Waals surface area contributed by atoms with Crippen LogP contribution < -0.4 is 0 Å². The molecular formula is C31H52O6. The molecule has 2 atom stereocenters. The van der Waals surface area contributed by atoms with E-state index in [9.17, 15) is 19.8 Å². The van der Waals surface area contributed by atoms with Crippen LogP contribution in [0.2, 0.25) is 0 Å². The van der Waals surface area contributed by atoms with Crippen molar-refractivity contribution >= 4 is 11.9 Å². The van der Waals surface area contributed by atoms with Gasteiger partial charge < -0.3 is 19.7 Å². The third kappa shape index (κ3) is 26.7. The van der Waals surface area contributed by atoms with Crippen molar-refractivity contribution in [2.24, 2.45) is 0 Å². The monoisotopic (exact) mass is 520 g/mol. The zero-order chi connectivity index (χ0) is 27.4. The van der Waals surface area contributed by atoms with Crippen LogP contribution >= 0.6 is 0 Å². The summed E-state index contributed by atoms with van der Waals surface area (Å²) in [5, 5.41) is 19.7. The molecule has 0 amide bonds. The summed E-state index contributed by atoms with van der Waals surface area (Å²) in [5.74, 6) is -0.688. The molecular weight excluding hydrogens is 468 g/mol. The highest BCUT2D eigenvalue weighted by atomic mass is 16.6. The Hall–Kier alpha value is -2.18. The van der Waals surface area contributed by atoms with Crippen LogP contribution in [0.25, 0.3) is 0 Å². The number of ether oxygens (including phenoxy) is 2. The quantitative estimate of drug-likeness (QED) is 0.0622. The molecule has 0 aliphatic rings. The molecule has 6 heteroatoms. The molecule has 0 aromatic rings. The lowest BCUT2D eigenvalue weighted by Gasteiger charge is -2.12. The molecule has 0 spiro atoms. The number of hydrogen-bond donors (Lipinski definition) is 2. The van der Waals surface area contributed by atoms with Crippen molar-refractivity contribution in [2.45, 2.75) is 122 Å². The van der Waals surface area contributed by atoms with Crippen LogP contribution in [0.5, 0.6) is 0 Å². The first kappa shape index (κ1) is 34.8. The Bertz CT molecular complexity index is 665. The highest BCUT2D eigenvalue weighted by Gasteiger charge is 2.11. The van der Waals surface area contributed by atoms with Gasteiger partial charge in [0.15, 0.2) is 0 Å². The predicted molar refractivity (Wildman–Crippen MR) is 151 cm³/mol. The third-order valence-electron chi connectivity index (χ3n) is 5.65. The Morgan fingerprint density at radius 1 is 0.676 bits per heavy atom. The first-order valence-corrected chi connectivity index (χ1v) is 14.3. The standard InChI is InChI=1S/C31H52O6/c1-3-5-7-9-15-18-22-28(32)23-19-16-12-10-11-13-17-21-25-31(35)37-27-29(33)26-36-30(34)24-20-14-8-6-4-2/h11-13,15-16,18-19,23,28-29,32-33H,3-10,14,17,20-22,24-27H2,1-2H3/b13-11-,16-12-,18-15-,23-19+/t28-,29-/m1/s1. The van der Waals surface area contributed by atoms with E-state index >= 15 is 0 Å². The molecule has 0 saturated heterocycles. The van der Waals surface area contributed by atoms with Gasteiger partial charge in [-0.3, -0.25) is 9.59 Å². The minimum Gasteiger partial charge on any atom is -0.463 e. The zero-order valence-electron chi connectivity index (χ0n) is 23.3. The van der Waals surface area contributed by atoms with Gasteiger partial charge in [0, 0.05) is 12.8 Å². The van der Waals surface area contributed by atoms with Crippen molar-refractivity contribution in [1.29, 1.82) is 0 Å². The highest BCUT2D eigenvalue weighted by molar-refractivity contribution is 5.69. The second-order valence-corrected chi connectivity index (χ2v) is 9.37. The van der Waals surface area contributed by atoms with Crippen molar-refractivity contribution in [3.8, 4) is 0 Å². The summed E-state index contributed by atoms with van der Waals surface area (Å²) in [4.78, 5) is 23.4. The lowest BCUT2D eigenvalue weighted by Crippen LogP contribution is -2.25. The van der Waals surface area contributed by atoms with Crippen LogP contribution in [0.15, 0.2) is 48.6 Å². The number of carbonyl (C=O) groups is 2. The maximum absolute atomic E-state index is 11.8. The van der Waals surface area contributed by atoms with Crippen LogP contribution in [-0.4, -0.2) is 47.6 Å². The number of aliphatic hydroxyl groups excluding tert-OH is 2. The first-order chi connectivity index (χ1) is 18.0. The first-order valence-electron chi connectivity index (χ1n) is 14.3. The topological polar surface area (TPSA) is 93.1 Å². The van der Waals surface area contributed by atoms with E-state index in [2.05, 4.69) is 19.9 Å². The smallest absolute Gasteiger partial charge is 0.305 e. The number of carbonyl (C=O) groups excluding carboxylic acids is 2. The number of rotatable bonds is 24. The largest absolute Gasteiger partial charge is 0.463 e. The summed E-state index contributed by atoms with van der Waals surface area (Å²) in [5.41, 5.74) is 0. The van der Waals surface area contributed by atoms with E-state index in [1.807, 2.05) is 36.5 Å². The van der Waals surface area contributed by atoms with Gasteiger partial charge in [-0.05, 0) is 44.9 Å². The van der Waals surface area contributed by atoms with Gasteiger partial charge in [-0.15, -0.1) is 0 Å². The second-order valence-electron chi connectivity index (χ2n) is 9.37. The molecule has 0 aromatic heterocycles. The third-order valence-corrected chi connectivity index (χ3v) is 5.65. The maximum Gasteiger partial charge on any atom is 0.305 e. The van der Waals surface area contributed by atoms with E-state index in [-0.39, 0.29) is 31.6 Å². The Morgan fingerprint density at radius 2 is 1.27 bits per heavy atom. The predicted octanol–water partition coefficient (Wildman–Crippen LogP) is 6.91. The molecule has 0 unspecified atom stereocenters. The van der Waals surface area contributed by atoms with Crippen molar-refractivity contribution in [3.05, 3.63) is 48.6 Å². The normalized spacial score (nSPS) is 13.7. The van der Waals surface area contributed by atoms with Gasteiger partial charge >= 0.3 is 11.9 Å². The fourth-order valence-corrected chi connectivity index (χ4v) is 3.39. The molecule has 37 heavy (non-hydrogen) atoms. The molecule has 0 rings (SSSR count). The van der Waals surface area contributed by atoms with Gasteiger partial charge in [0.25, 0.3) is 0 Å². The Balaban J connectivity index is 3.71. The lowest BCUT2D eigenvalue weighted by molar-refractivity contribution is -0.152. The van der Waals surface area contributed by atoms with Gasteiger partial charge in [0.2, 0.25) is 0 Å². The summed E-state index contributed by atoms with van der Waals surface area (Å²) in [6, 6.07) is 0. The molecule has 212 valence electrons. The van der Waals surface area contributed by atoms with Crippen LogP contribution in [0.4, 0.5) is 0 Å². The summed E-state index contributed by atoms with van der Waals surface area (Å²) in [6.45, 7) is 4.02. The molecule has 0 radical (unpaired) electrons. The van der Waals surface area contributed by atoms with E-state index in [1.54, 1.807) is 6.08 Å². The molecule has 2 N–H and O–H groups in total. The van der Waals surface area contributed by atoms with Crippen LogP contribution in [0.3, 0.4) is 0 Å². The number of unbranched alkanes of at least 4 members (excludes halogenated alkanes) is 8. The van der Waals surface area contributed by atoms with Crippen LogP contribution in [-0.2, 0) is 19.1 Å². The summed E-state index contributed by atoms with van der Waals surface area (Å²) in [6.07, 6.45) is 27.9. The number of allylic oxidation sites excluding steroid dienone is 6. The second kappa shape index (κ2) is 26.9. The van der Waals surface area contributed by atoms with Crippen molar-refractivity contribution in [1.82, 2.24) is 0 Å². The summed E-state index contributed by atoms with van der Waals surface area (Å²) >= 11 is 0. The van der Waals surface area contributed by atoms with Gasteiger partial charge in [-0.25, -0.2) is 0 Å². The molecule has 0 aromatic carbocycles. The molecule has 6 nitrogen and oxygen atoms in total. The highest BCUT2D eigenvalue weighted by Crippen LogP contribution is 2.06. The number of hydrogen-bond acceptors (Lipinski definition) is 6. The fraction of sp³-hybridized carbons (Fsp3) is 0.677. The number of aliphatic hydroxyl groups is 2. The van der Waals surface area contributed by atoms with E-state index in [4.69, 9.17) is 9.47 Å². The maximum atomic E-state index is 11.8. The average Bonchev–Trinajstić information content (AvgIpc) is 2.89. The molecule has 0 bridgehead atoms. The summed E-state index contributed by atoms with van der Waals surface area (Å²) < 4.78 is 10.1. The molecule has 0 aliphatic heterocycles. The van der Waals surface area contributed by atoms with Crippen molar-refractivity contribution in [3.63, 3.8) is 0 Å². The molecule has 0 saturated carbocycles. The SMILES string of the molecule is CCCCC/C=C\C[C@@H](O)/C=C/C=C\C/C=C\CCCC(=O)OC[C@H](O)COC(=O)CCCCCCC. The van der Waals surface area contributed by atoms with Crippen molar-refractivity contribution in [2.75, 3.05) is 13.2 Å². The Labute approximate surface area is 225 Å². The molecule has 0 aliphatic carbocycles. The molecule has 0 heterocycles. The van der Waals surface area contributed by atoms with Gasteiger partial charge in [-0.1, -0.05) is 101 Å². The van der Waals surface area contributed by atoms with Crippen LogP contribution in [0.1, 0.15) is 110 Å². The lowest BCUT2D eigenvalue weighted by atomic mass is 10.1. The minimum atomic E-state index is -0.998. The summed E-state index contributed by atoms with van der Waals surface area (Å²) in [7, 11) is 0.